The molecule has 0 aliphatic carbocycles. The smallest absolute Gasteiger partial charge is 0.338 e. The van der Waals surface area contributed by atoms with E-state index in [4.69, 9.17) is 9.47 Å². The van der Waals surface area contributed by atoms with E-state index in [9.17, 15) is 13.6 Å². The highest BCUT2D eigenvalue weighted by atomic mass is 19.2. The maximum Gasteiger partial charge on any atom is 0.338 e. The van der Waals surface area contributed by atoms with Gasteiger partial charge < -0.3 is 9.47 Å². The predicted molar refractivity (Wildman–Crippen MR) is 115 cm³/mol. The number of halogens is 2. The predicted octanol–water partition coefficient (Wildman–Crippen LogP) is 6.40. The molecule has 0 saturated heterocycles. The number of rotatable bonds is 7. The molecular weight excluding hydrogens is 386 g/mol. The summed E-state index contributed by atoms with van der Waals surface area (Å²) >= 11 is 0. The Labute approximate surface area is 173 Å². The lowest BCUT2D eigenvalue weighted by atomic mass is 9.98. The summed E-state index contributed by atoms with van der Waals surface area (Å²) in [7, 11) is 0. The van der Waals surface area contributed by atoms with Crippen LogP contribution in [-0.4, -0.2) is 12.6 Å². The van der Waals surface area contributed by atoms with Crippen LogP contribution in [0.4, 0.5) is 8.78 Å². The van der Waals surface area contributed by atoms with Gasteiger partial charge in [-0.2, -0.15) is 0 Å². The molecule has 0 unspecified atom stereocenters. The minimum Gasteiger partial charge on any atom is -0.494 e. The first-order valence-corrected chi connectivity index (χ1v) is 9.37. The molecule has 3 aromatic carbocycles. The Kier molecular flexibility index (Phi) is 6.01. The summed E-state index contributed by atoms with van der Waals surface area (Å²) in [6, 6.07) is 9.70. The van der Waals surface area contributed by atoms with Crippen molar-refractivity contribution in [1.29, 1.82) is 0 Å². The van der Waals surface area contributed by atoms with Gasteiger partial charge in [0, 0.05) is 22.8 Å². The van der Waals surface area contributed by atoms with Crippen LogP contribution >= 0.6 is 0 Å². The third kappa shape index (κ3) is 4.25. The molecule has 3 nitrogen and oxygen atoms in total. The van der Waals surface area contributed by atoms with E-state index in [1.165, 1.54) is 13.0 Å². The Morgan fingerprint density at radius 2 is 1.47 bits per heavy atom. The third-order valence-corrected chi connectivity index (χ3v) is 4.73. The largest absolute Gasteiger partial charge is 0.494 e. The molecule has 30 heavy (non-hydrogen) atoms. The van der Waals surface area contributed by atoms with Gasteiger partial charge in [0.15, 0.2) is 11.6 Å². The molecule has 3 rings (SSSR count). The van der Waals surface area contributed by atoms with Gasteiger partial charge in [-0.05, 0) is 60.0 Å². The van der Waals surface area contributed by atoms with Gasteiger partial charge in [-0.3, -0.25) is 0 Å². The van der Waals surface area contributed by atoms with E-state index in [0.29, 0.717) is 29.6 Å². The van der Waals surface area contributed by atoms with Gasteiger partial charge in [0.05, 0.1) is 6.61 Å². The Balaban J connectivity index is 1.97. The normalized spacial score (nSPS) is 10.8. The summed E-state index contributed by atoms with van der Waals surface area (Å²) < 4.78 is 40.3. The Morgan fingerprint density at radius 3 is 2.07 bits per heavy atom. The Morgan fingerprint density at radius 1 is 0.867 bits per heavy atom. The zero-order valence-corrected chi connectivity index (χ0v) is 17.0. The molecule has 0 saturated carbocycles. The average Bonchev–Trinajstić information content (AvgIpc) is 2.71. The lowest BCUT2D eigenvalue weighted by Crippen LogP contribution is -2.08. The topological polar surface area (TPSA) is 35.5 Å². The van der Waals surface area contributed by atoms with Crippen LogP contribution in [0.15, 0.2) is 73.0 Å². The number of carbonyl (C=O) groups is 1. The summed E-state index contributed by atoms with van der Waals surface area (Å²) in [4.78, 5) is 11.7. The highest BCUT2D eigenvalue weighted by molar-refractivity contribution is 6.08. The van der Waals surface area contributed by atoms with Crippen molar-refractivity contribution in [1.82, 2.24) is 0 Å². The second-order valence-electron chi connectivity index (χ2n) is 7.19. The summed E-state index contributed by atoms with van der Waals surface area (Å²) in [6.45, 7) is 14.7. The van der Waals surface area contributed by atoms with Crippen molar-refractivity contribution in [3.05, 3.63) is 90.2 Å². The summed E-state index contributed by atoms with van der Waals surface area (Å²) in [6.07, 6.45) is 0.511. The van der Waals surface area contributed by atoms with Crippen LogP contribution in [-0.2, 0) is 16.0 Å². The minimum atomic E-state index is -0.991. The fourth-order valence-corrected chi connectivity index (χ4v) is 3.01. The second-order valence-corrected chi connectivity index (χ2v) is 7.19. The van der Waals surface area contributed by atoms with E-state index >= 15 is 0 Å². The SMILES string of the molecule is C=C(C)C(=C)OCCc1ccc2c(c1)c(F)c(F)c1cc(OC(=O)C(=C)C)ccc12. The molecule has 0 heterocycles. The molecule has 0 radical (unpaired) electrons. The quantitative estimate of drug-likeness (QED) is 0.113. The van der Waals surface area contributed by atoms with Crippen LogP contribution in [0, 0.1) is 11.6 Å². The average molecular weight is 408 g/mol. The summed E-state index contributed by atoms with van der Waals surface area (Å²) in [5.74, 6) is -1.94. The number of hydrogen-bond donors (Lipinski definition) is 0. The Hall–Kier alpha value is -3.47. The zero-order chi connectivity index (χ0) is 22.0. The van der Waals surface area contributed by atoms with E-state index in [2.05, 4.69) is 19.7 Å². The van der Waals surface area contributed by atoms with Crippen molar-refractivity contribution < 1.29 is 23.0 Å². The lowest BCUT2D eigenvalue weighted by molar-refractivity contribution is -0.130. The first-order valence-electron chi connectivity index (χ1n) is 9.37. The first kappa shape index (κ1) is 21.2. The number of carbonyl (C=O) groups excluding carboxylic acids is 1. The van der Waals surface area contributed by atoms with E-state index in [1.807, 2.05) is 6.07 Å². The zero-order valence-electron chi connectivity index (χ0n) is 17.0. The molecule has 3 aromatic rings. The van der Waals surface area contributed by atoms with Crippen LogP contribution in [0.1, 0.15) is 19.4 Å². The molecule has 154 valence electrons. The maximum atomic E-state index is 14.8. The minimum absolute atomic E-state index is 0.0425. The molecule has 0 spiro atoms. The number of allylic oxidation sites excluding steroid dienone is 1. The molecule has 0 amide bonds. The number of hydrogen-bond acceptors (Lipinski definition) is 3. The van der Waals surface area contributed by atoms with Crippen LogP contribution in [0.5, 0.6) is 5.75 Å². The molecular formula is C25H22F2O3. The van der Waals surface area contributed by atoms with Gasteiger partial charge >= 0.3 is 5.97 Å². The summed E-state index contributed by atoms with van der Waals surface area (Å²) in [5.41, 5.74) is 1.76. The van der Waals surface area contributed by atoms with Crippen molar-refractivity contribution in [2.24, 2.45) is 0 Å². The van der Waals surface area contributed by atoms with Gasteiger partial charge in [-0.25, -0.2) is 13.6 Å². The molecule has 0 atom stereocenters. The van der Waals surface area contributed by atoms with Gasteiger partial charge in [-0.15, -0.1) is 0 Å². The van der Waals surface area contributed by atoms with Crippen molar-refractivity contribution in [3.63, 3.8) is 0 Å². The van der Waals surface area contributed by atoms with Crippen molar-refractivity contribution >= 4 is 27.5 Å². The van der Waals surface area contributed by atoms with Crippen LogP contribution in [0.3, 0.4) is 0 Å². The number of esters is 1. The van der Waals surface area contributed by atoms with Gasteiger partial charge in [0.2, 0.25) is 0 Å². The number of benzene rings is 3. The second kappa shape index (κ2) is 8.49. The fraction of sp³-hybridized carbons (Fsp3) is 0.160. The van der Waals surface area contributed by atoms with Gasteiger partial charge in [0.1, 0.15) is 11.5 Å². The monoisotopic (exact) mass is 408 g/mol. The fourth-order valence-electron chi connectivity index (χ4n) is 3.01. The standard InChI is InChI=1S/C25H22F2O3/c1-14(2)16(5)29-11-10-17-6-8-19-20-9-7-18(30-25(28)15(3)4)13-22(20)24(27)23(26)21(19)12-17/h6-9,12-13H,1,3,5,10-11H2,2,4H3. The molecule has 0 N–H and O–H groups in total. The van der Waals surface area contributed by atoms with E-state index in [-0.39, 0.29) is 22.1 Å². The molecule has 0 aliphatic rings. The first-order chi connectivity index (χ1) is 14.2. The highest BCUT2D eigenvalue weighted by Gasteiger charge is 2.16. The Bertz CT molecular complexity index is 1210. The number of fused-ring (bicyclic) bond motifs is 3. The maximum absolute atomic E-state index is 14.8. The van der Waals surface area contributed by atoms with E-state index in [1.54, 1.807) is 31.2 Å². The van der Waals surface area contributed by atoms with Crippen LogP contribution in [0.25, 0.3) is 21.5 Å². The van der Waals surface area contributed by atoms with E-state index in [0.717, 1.165) is 11.1 Å². The van der Waals surface area contributed by atoms with Gasteiger partial charge in [-0.1, -0.05) is 31.9 Å². The summed E-state index contributed by atoms with van der Waals surface area (Å²) in [5, 5.41) is 1.32. The lowest BCUT2D eigenvalue weighted by Gasteiger charge is -2.12. The molecule has 5 heteroatoms. The molecule has 0 aliphatic heterocycles. The molecule has 0 fully saturated rings. The van der Waals surface area contributed by atoms with Crippen molar-refractivity contribution in [2.45, 2.75) is 20.3 Å². The van der Waals surface area contributed by atoms with Gasteiger partial charge in [0.25, 0.3) is 0 Å². The van der Waals surface area contributed by atoms with Crippen LogP contribution < -0.4 is 4.74 Å². The third-order valence-electron chi connectivity index (χ3n) is 4.73. The van der Waals surface area contributed by atoms with Crippen molar-refractivity contribution in [2.75, 3.05) is 6.61 Å². The van der Waals surface area contributed by atoms with Crippen molar-refractivity contribution in [3.8, 4) is 5.75 Å². The van der Waals surface area contributed by atoms with Crippen LogP contribution in [0.2, 0.25) is 0 Å². The molecule has 0 bridgehead atoms. The molecule has 0 aromatic heterocycles. The number of ether oxygens (including phenoxy) is 2. The highest BCUT2D eigenvalue weighted by Crippen LogP contribution is 2.34. The van der Waals surface area contributed by atoms with E-state index < -0.39 is 17.6 Å².